The number of nitrogens with one attached hydrogen (secondary N) is 1. The van der Waals surface area contributed by atoms with Crippen LogP contribution in [0.5, 0.6) is 0 Å². The van der Waals surface area contributed by atoms with Gasteiger partial charge in [0.05, 0.1) is 17.1 Å². The van der Waals surface area contributed by atoms with E-state index < -0.39 is 0 Å². The van der Waals surface area contributed by atoms with Gasteiger partial charge in [-0.3, -0.25) is 0 Å². The number of aryl methyl sites for hydroxylation is 4. The SMILES string of the molecule is Cc1ccc(C2=N/C(=C(\c3[nH]c(-c4ccccc4)cc3-c3ccccc3)c3c(C)cc(C)cc3C)c3ccccc32)cc1. The molecular formula is C41H34N2. The van der Waals surface area contributed by atoms with Crippen LogP contribution >= 0.6 is 0 Å². The van der Waals surface area contributed by atoms with Crippen molar-refractivity contribution in [1.29, 1.82) is 0 Å². The van der Waals surface area contributed by atoms with Crippen molar-refractivity contribution in [2.45, 2.75) is 27.7 Å². The third-order valence-corrected chi connectivity index (χ3v) is 8.39. The number of benzene rings is 5. The number of hydrogen-bond acceptors (Lipinski definition) is 1. The topological polar surface area (TPSA) is 28.1 Å². The molecular weight excluding hydrogens is 520 g/mol. The Morgan fingerprint density at radius 2 is 1.09 bits per heavy atom. The zero-order chi connectivity index (χ0) is 29.5. The molecule has 0 bridgehead atoms. The monoisotopic (exact) mass is 554 g/mol. The Balaban J connectivity index is 1.60. The molecule has 2 heterocycles. The van der Waals surface area contributed by atoms with Crippen LogP contribution in [-0.2, 0) is 0 Å². The highest BCUT2D eigenvalue weighted by molar-refractivity contribution is 6.23. The van der Waals surface area contributed by atoms with Crippen molar-refractivity contribution in [3.63, 3.8) is 0 Å². The van der Waals surface area contributed by atoms with Crippen LogP contribution in [0, 0.1) is 27.7 Å². The van der Waals surface area contributed by atoms with E-state index in [1.165, 1.54) is 33.4 Å². The number of hydrogen-bond donors (Lipinski definition) is 1. The van der Waals surface area contributed by atoms with Gasteiger partial charge in [0.25, 0.3) is 0 Å². The number of H-pyrrole nitrogens is 1. The van der Waals surface area contributed by atoms with Crippen LogP contribution in [0.4, 0.5) is 0 Å². The van der Waals surface area contributed by atoms with Crippen molar-refractivity contribution in [1.82, 2.24) is 4.98 Å². The standard InChI is InChI=1S/C41H34N2/c1-26-19-21-32(22-20-26)39-33-17-11-12-18-34(33)40(43-39)38(37-28(3)23-27(2)24-29(37)4)41-35(30-13-7-5-8-14-30)25-36(42-41)31-15-9-6-10-16-31/h5-25,42H,1-4H3/b40-38-. The second-order valence-electron chi connectivity index (χ2n) is 11.6. The molecule has 2 nitrogen and oxygen atoms in total. The van der Waals surface area contributed by atoms with E-state index in [-0.39, 0.29) is 0 Å². The Hall–Kier alpha value is -5.21. The van der Waals surface area contributed by atoms with E-state index in [1.807, 2.05) is 0 Å². The highest BCUT2D eigenvalue weighted by Gasteiger charge is 2.29. The highest BCUT2D eigenvalue weighted by atomic mass is 14.8. The van der Waals surface area contributed by atoms with Gasteiger partial charge >= 0.3 is 0 Å². The molecule has 43 heavy (non-hydrogen) atoms. The van der Waals surface area contributed by atoms with Crippen LogP contribution in [0.1, 0.15) is 50.2 Å². The lowest BCUT2D eigenvalue weighted by molar-refractivity contribution is 1.26. The highest BCUT2D eigenvalue weighted by Crippen LogP contribution is 2.45. The molecule has 1 N–H and O–H groups in total. The lowest BCUT2D eigenvalue weighted by Gasteiger charge is -2.18. The third kappa shape index (κ3) is 4.85. The molecule has 208 valence electrons. The van der Waals surface area contributed by atoms with Gasteiger partial charge in [0, 0.05) is 33.5 Å². The number of aromatic amines is 1. The zero-order valence-electron chi connectivity index (χ0n) is 25.1. The van der Waals surface area contributed by atoms with Crippen molar-refractivity contribution in [2.75, 3.05) is 0 Å². The minimum absolute atomic E-state index is 1.000. The molecule has 0 saturated carbocycles. The number of rotatable bonds is 5. The minimum atomic E-state index is 1.000. The molecule has 7 rings (SSSR count). The van der Waals surface area contributed by atoms with Crippen LogP contribution in [-0.4, -0.2) is 10.7 Å². The van der Waals surface area contributed by atoms with Crippen LogP contribution in [0.25, 0.3) is 33.7 Å². The maximum atomic E-state index is 5.51. The fourth-order valence-electron chi connectivity index (χ4n) is 6.46. The lowest BCUT2D eigenvalue weighted by Crippen LogP contribution is -2.01. The lowest BCUT2D eigenvalue weighted by atomic mass is 9.87. The van der Waals surface area contributed by atoms with E-state index in [9.17, 15) is 0 Å². The van der Waals surface area contributed by atoms with Gasteiger partial charge in [0.2, 0.25) is 0 Å². The van der Waals surface area contributed by atoms with Crippen LogP contribution in [0.15, 0.2) is 132 Å². The van der Waals surface area contributed by atoms with Gasteiger partial charge in [0.15, 0.2) is 0 Å². The predicted octanol–water partition coefficient (Wildman–Crippen LogP) is 10.3. The number of fused-ring (bicyclic) bond motifs is 1. The summed E-state index contributed by atoms with van der Waals surface area (Å²) in [5, 5.41) is 0. The number of aromatic nitrogens is 1. The molecule has 0 radical (unpaired) electrons. The van der Waals surface area contributed by atoms with Gasteiger partial charge in [-0.15, -0.1) is 0 Å². The Labute approximate surface area is 254 Å². The van der Waals surface area contributed by atoms with Gasteiger partial charge in [-0.05, 0) is 61.6 Å². The number of nitrogens with zero attached hydrogens (tertiary/aromatic N) is 1. The summed E-state index contributed by atoms with van der Waals surface area (Å²) in [6, 6.07) is 45.5. The van der Waals surface area contributed by atoms with Crippen molar-refractivity contribution < 1.29 is 0 Å². The van der Waals surface area contributed by atoms with Gasteiger partial charge < -0.3 is 4.98 Å². The molecule has 1 aromatic heterocycles. The average Bonchev–Trinajstić information content (AvgIpc) is 3.63. The van der Waals surface area contributed by atoms with Crippen molar-refractivity contribution in [3.8, 4) is 22.4 Å². The van der Waals surface area contributed by atoms with E-state index in [4.69, 9.17) is 4.99 Å². The Kier molecular flexibility index (Phi) is 6.75. The molecule has 0 unspecified atom stereocenters. The van der Waals surface area contributed by atoms with Gasteiger partial charge in [0.1, 0.15) is 0 Å². The van der Waals surface area contributed by atoms with Crippen molar-refractivity contribution in [3.05, 3.63) is 178 Å². The van der Waals surface area contributed by atoms with Crippen LogP contribution in [0.3, 0.4) is 0 Å². The fourth-order valence-corrected chi connectivity index (χ4v) is 6.46. The molecule has 1 aliphatic heterocycles. The molecule has 0 aliphatic carbocycles. The molecule has 0 amide bonds. The molecule has 6 aromatic rings. The second kappa shape index (κ2) is 10.9. The molecule has 2 heteroatoms. The summed E-state index contributed by atoms with van der Waals surface area (Å²) in [5.41, 5.74) is 18.5. The molecule has 5 aromatic carbocycles. The Morgan fingerprint density at radius 3 is 1.74 bits per heavy atom. The smallest absolute Gasteiger partial charge is 0.0816 e. The molecule has 0 fully saturated rings. The predicted molar refractivity (Wildman–Crippen MR) is 181 cm³/mol. The first-order valence-electron chi connectivity index (χ1n) is 14.9. The second-order valence-corrected chi connectivity index (χ2v) is 11.6. The summed E-state index contributed by atoms with van der Waals surface area (Å²) >= 11 is 0. The van der Waals surface area contributed by atoms with Gasteiger partial charge in [-0.25, -0.2) is 4.99 Å². The van der Waals surface area contributed by atoms with Crippen LogP contribution in [0.2, 0.25) is 0 Å². The summed E-state index contributed by atoms with van der Waals surface area (Å²) in [4.78, 5) is 9.41. The van der Waals surface area contributed by atoms with Crippen LogP contribution < -0.4 is 0 Å². The van der Waals surface area contributed by atoms with E-state index in [0.717, 1.165) is 56.2 Å². The molecule has 0 spiro atoms. The summed E-state index contributed by atoms with van der Waals surface area (Å²) in [6.07, 6.45) is 0. The number of aliphatic imine (C=N–C) groups is 1. The quantitative estimate of drug-likeness (QED) is 0.220. The summed E-state index contributed by atoms with van der Waals surface area (Å²) in [6.45, 7) is 8.75. The average molecular weight is 555 g/mol. The molecule has 1 aliphatic rings. The zero-order valence-corrected chi connectivity index (χ0v) is 25.1. The normalized spacial score (nSPS) is 13.5. The summed E-state index contributed by atoms with van der Waals surface area (Å²) in [5.74, 6) is 0. The largest absolute Gasteiger partial charge is 0.354 e. The van der Waals surface area contributed by atoms with Gasteiger partial charge in [-0.2, -0.15) is 0 Å². The summed E-state index contributed by atoms with van der Waals surface area (Å²) < 4.78 is 0. The van der Waals surface area contributed by atoms with E-state index in [1.54, 1.807) is 0 Å². The Bertz CT molecular complexity index is 2000. The third-order valence-electron chi connectivity index (χ3n) is 8.39. The first kappa shape index (κ1) is 26.7. The first-order valence-corrected chi connectivity index (χ1v) is 14.9. The van der Waals surface area contributed by atoms with Crippen molar-refractivity contribution >= 4 is 17.0 Å². The molecule has 0 saturated heterocycles. The maximum absolute atomic E-state index is 5.51. The fraction of sp³-hybridized carbons (Fsp3) is 0.0976. The van der Waals surface area contributed by atoms with E-state index in [0.29, 0.717) is 0 Å². The van der Waals surface area contributed by atoms with E-state index in [2.05, 4.69) is 160 Å². The maximum Gasteiger partial charge on any atom is 0.0816 e. The Morgan fingerprint density at radius 1 is 0.512 bits per heavy atom. The van der Waals surface area contributed by atoms with Gasteiger partial charge in [-0.1, -0.05) is 132 Å². The summed E-state index contributed by atoms with van der Waals surface area (Å²) in [7, 11) is 0. The van der Waals surface area contributed by atoms with Crippen molar-refractivity contribution in [2.24, 2.45) is 4.99 Å². The first-order chi connectivity index (χ1) is 21.0. The van der Waals surface area contributed by atoms with E-state index >= 15 is 0 Å². The minimum Gasteiger partial charge on any atom is -0.354 e. The molecule has 0 atom stereocenters.